The fourth-order valence-electron chi connectivity index (χ4n) is 2.01. The van der Waals surface area contributed by atoms with Gasteiger partial charge in [-0.25, -0.2) is 4.39 Å². The Morgan fingerprint density at radius 2 is 2.19 bits per heavy atom. The van der Waals surface area contributed by atoms with Gasteiger partial charge in [-0.3, -0.25) is 0 Å². The van der Waals surface area contributed by atoms with E-state index in [-0.39, 0.29) is 5.82 Å². The number of nitrogens with one attached hydrogen (secondary N) is 1. The van der Waals surface area contributed by atoms with E-state index in [1.807, 2.05) is 6.07 Å². The molecule has 0 spiro atoms. The van der Waals surface area contributed by atoms with Gasteiger partial charge in [-0.05, 0) is 42.5 Å². The van der Waals surface area contributed by atoms with Crippen molar-refractivity contribution in [1.29, 1.82) is 0 Å². The van der Waals surface area contributed by atoms with E-state index in [4.69, 9.17) is 0 Å². The lowest BCUT2D eigenvalue weighted by Crippen LogP contribution is -2.34. The molecule has 16 heavy (non-hydrogen) atoms. The standard InChI is InChI=1S/C13H14FNS/c14-10-4-5-13-9(6-10)7-12(16-13)8-15-11-2-1-3-11/h4-7,11,15H,1-3,8H2. The van der Waals surface area contributed by atoms with Gasteiger partial charge in [0.1, 0.15) is 5.82 Å². The Morgan fingerprint density at radius 1 is 1.31 bits per heavy atom. The fraction of sp³-hybridized carbons (Fsp3) is 0.385. The Hall–Kier alpha value is -0.930. The van der Waals surface area contributed by atoms with Crippen molar-refractivity contribution in [2.75, 3.05) is 0 Å². The van der Waals surface area contributed by atoms with Crippen LogP contribution in [-0.2, 0) is 6.54 Å². The van der Waals surface area contributed by atoms with Crippen molar-refractivity contribution >= 4 is 21.4 Å². The van der Waals surface area contributed by atoms with Crippen LogP contribution in [0.5, 0.6) is 0 Å². The second kappa shape index (κ2) is 4.15. The maximum Gasteiger partial charge on any atom is 0.123 e. The molecule has 0 bridgehead atoms. The summed E-state index contributed by atoms with van der Waals surface area (Å²) >= 11 is 1.75. The Labute approximate surface area is 98.3 Å². The first-order valence-corrected chi connectivity index (χ1v) is 6.54. The topological polar surface area (TPSA) is 12.0 Å². The van der Waals surface area contributed by atoms with Crippen LogP contribution in [-0.4, -0.2) is 6.04 Å². The summed E-state index contributed by atoms with van der Waals surface area (Å²) in [6, 6.07) is 7.80. The van der Waals surface area contributed by atoms with Crippen molar-refractivity contribution in [3.63, 3.8) is 0 Å². The van der Waals surface area contributed by atoms with Gasteiger partial charge in [0.15, 0.2) is 0 Å². The third-order valence-electron chi connectivity index (χ3n) is 3.20. The van der Waals surface area contributed by atoms with E-state index < -0.39 is 0 Å². The lowest BCUT2D eigenvalue weighted by atomic mass is 9.93. The highest BCUT2D eigenvalue weighted by Gasteiger charge is 2.16. The molecule has 1 N–H and O–H groups in total. The molecule has 0 amide bonds. The largest absolute Gasteiger partial charge is 0.309 e. The zero-order chi connectivity index (χ0) is 11.0. The van der Waals surface area contributed by atoms with E-state index >= 15 is 0 Å². The summed E-state index contributed by atoms with van der Waals surface area (Å²) in [5.74, 6) is -0.149. The molecule has 1 saturated carbocycles. The molecule has 1 aromatic heterocycles. The molecule has 1 aromatic carbocycles. The summed E-state index contributed by atoms with van der Waals surface area (Å²) in [5.41, 5.74) is 0. The average Bonchev–Trinajstić information content (AvgIpc) is 2.57. The van der Waals surface area contributed by atoms with Crippen LogP contribution < -0.4 is 5.32 Å². The minimum atomic E-state index is -0.149. The molecule has 0 aliphatic heterocycles. The van der Waals surface area contributed by atoms with Gasteiger partial charge in [0, 0.05) is 22.2 Å². The summed E-state index contributed by atoms with van der Waals surface area (Å²) in [6.45, 7) is 0.922. The number of halogens is 1. The fourth-order valence-corrected chi connectivity index (χ4v) is 3.01. The predicted octanol–water partition coefficient (Wildman–Crippen LogP) is 3.68. The molecule has 1 fully saturated rings. The minimum Gasteiger partial charge on any atom is -0.309 e. The Bertz CT molecular complexity index is 502. The molecule has 2 aromatic rings. The van der Waals surface area contributed by atoms with Crippen molar-refractivity contribution in [2.45, 2.75) is 31.8 Å². The molecule has 3 heteroatoms. The van der Waals surface area contributed by atoms with Gasteiger partial charge in [0.2, 0.25) is 0 Å². The van der Waals surface area contributed by atoms with Crippen molar-refractivity contribution in [1.82, 2.24) is 5.32 Å². The highest BCUT2D eigenvalue weighted by molar-refractivity contribution is 7.19. The first-order valence-electron chi connectivity index (χ1n) is 5.72. The van der Waals surface area contributed by atoms with Gasteiger partial charge in [0.05, 0.1) is 0 Å². The van der Waals surface area contributed by atoms with Gasteiger partial charge in [-0.2, -0.15) is 0 Å². The van der Waals surface area contributed by atoms with Crippen LogP contribution in [0.4, 0.5) is 4.39 Å². The van der Waals surface area contributed by atoms with Crippen molar-refractivity contribution in [3.8, 4) is 0 Å². The van der Waals surface area contributed by atoms with Gasteiger partial charge in [-0.1, -0.05) is 6.42 Å². The summed E-state index contributed by atoms with van der Waals surface area (Å²) < 4.78 is 14.2. The van der Waals surface area contributed by atoms with Crippen molar-refractivity contribution in [2.24, 2.45) is 0 Å². The third kappa shape index (κ3) is 1.97. The Balaban J connectivity index is 1.76. The second-order valence-corrected chi connectivity index (χ2v) is 5.57. The smallest absolute Gasteiger partial charge is 0.123 e. The van der Waals surface area contributed by atoms with E-state index in [0.717, 1.165) is 11.9 Å². The number of benzene rings is 1. The minimum absolute atomic E-state index is 0.149. The van der Waals surface area contributed by atoms with Gasteiger partial charge in [-0.15, -0.1) is 11.3 Å². The Morgan fingerprint density at radius 3 is 2.94 bits per heavy atom. The summed E-state index contributed by atoms with van der Waals surface area (Å²) in [6.07, 6.45) is 3.97. The van der Waals surface area contributed by atoms with E-state index in [1.54, 1.807) is 17.4 Å². The highest BCUT2D eigenvalue weighted by Crippen LogP contribution is 2.27. The van der Waals surface area contributed by atoms with Gasteiger partial charge in [0.25, 0.3) is 0 Å². The number of rotatable bonds is 3. The number of hydrogen-bond donors (Lipinski definition) is 1. The summed E-state index contributed by atoms with van der Waals surface area (Å²) in [4.78, 5) is 1.30. The molecule has 3 rings (SSSR count). The van der Waals surface area contributed by atoms with Crippen LogP contribution in [0.2, 0.25) is 0 Å². The number of hydrogen-bond acceptors (Lipinski definition) is 2. The molecule has 0 radical (unpaired) electrons. The van der Waals surface area contributed by atoms with Crippen LogP contribution in [0.3, 0.4) is 0 Å². The molecular weight excluding hydrogens is 221 g/mol. The molecule has 84 valence electrons. The lowest BCUT2D eigenvalue weighted by Gasteiger charge is -2.26. The highest BCUT2D eigenvalue weighted by atomic mass is 32.1. The molecular formula is C13H14FNS. The molecule has 0 atom stereocenters. The van der Waals surface area contributed by atoms with Crippen LogP contribution >= 0.6 is 11.3 Å². The third-order valence-corrected chi connectivity index (χ3v) is 4.32. The quantitative estimate of drug-likeness (QED) is 0.855. The maximum atomic E-state index is 13.0. The lowest BCUT2D eigenvalue weighted by molar-refractivity contribution is 0.339. The van der Waals surface area contributed by atoms with E-state index in [2.05, 4.69) is 11.4 Å². The average molecular weight is 235 g/mol. The first kappa shape index (κ1) is 10.2. The van der Waals surface area contributed by atoms with Gasteiger partial charge >= 0.3 is 0 Å². The normalized spacial score (nSPS) is 16.6. The molecule has 1 nitrogen and oxygen atoms in total. The van der Waals surface area contributed by atoms with Crippen LogP contribution in [0, 0.1) is 5.82 Å². The molecule has 0 unspecified atom stereocenters. The summed E-state index contributed by atoms with van der Waals surface area (Å²) in [5, 5.41) is 4.55. The van der Waals surface area contributed by atoms with E-state index in [1.165, 1.54) is 34.9 Å². The zero-order valence-electron chi connectivity index (χ0n) is 9.00. The zero-order valence-corrected chi connectivity index (χ0v) is 9.82. The van der Waals surface area contributed by atoms with Crippen molar-refractivity contribution in [3.05, 3.63) is 35.0 Å². The predicted molar refractivity (Wildman–Crippen MR) is 66.3 cm³/mol. The molecule has 1 aliphatic carbocycles. The molecule has 0 saturated heterocycles. The van der Waals surface area contributed by atoms with Crippen LogP contribution in [0.1, 0.15) is 24.1 Å². The van der Waals surface area contributed by atoms with Crippen molar-refractivity contribution < 1.29 is 4.39 Å². The van der Waals surface area contributed by atoms with E-state index in [9.17, 15) is 4.39 Å². The number of thiophene rings is 1. The Kier molecular flexibility index (Phi) is 2.65. The van der Waals surface area contributed by atoms with Crippen LogP contribution in [0.25, 0.3) is 10.1 Å². The first-order chi connectivity index (χ1) is 7.81. The molecule has 1 heterocycles. The maximum absolute atomic E-state index is 13.0. The molecule has 1 aliphatic rings. The van der Waals surface area contributed by atoms with Crippen LogP contribution in [0.15, 0.2) is 24.3 Å². The second-order valence-electron chi connectivity index (χ2n) is 4.40. The summed E-state index contributed by atoms with van der Waals surface area (Å²) in [7, 11) is 0. The SMILES string of the molecule is Fc1ccc2sc(CNC3CCC3)cc2c1. The van der Waals surface area contributed by atoms with E-state index in [0.29, 0.717) is 6.04 Å². The number of fused-ring (bicyclic) bond motifs is 1. The monoisotopic (exact) mass is 235 g/mol. The van der Waals surface area contributed by atoms with Gasteiger partial charge < -0.3 is 5.32 Å².